The lowest BCUT2D eigenvalue weighted by Crippen LogP contribution is -2.30. The standard InChI is InChI=1S/C9H14N2O4S2/c1-4-10-17(13,14)11-7-6(2)5-16-8(7)9(12)15-3/h5,10-11H,4H2,1-3H3. The third-order valence-electron chi connectivity index (χ3n) is 1.92. The molecule has 1 aromatic heterocycles. The summed E-state index contributed by atoms with van der Waals surface area (Å²) in [4.78, 5) is 11.7. The number of methoxy groups -OCH3 is 1. The van der Waals surface area contributed by atoms with Crippen LogP contribution < -0.4 is 9.44 Å². The molecule has 0 bridgehead atoms. The Balaban J connectivity index is 3.06. The Bertz CT molecular complexity index is 507. The average Bonchev–Trinajstić information content (AvgIpc) is 2.59. The maximum Gasteiger partial charge on any atom is 0.350 e. The van der Waals surface area contributed by atoms with E-state index in [0.29, 0.717) is 5.56 Å². The molecular formula is C9H14N2O4S2. The quantitative estimate of drug-likeness (QED) is 0.790. The Morgan fingerprint density at radius 3 is 2.71 bits per heavy atom. The van der Waals surface area contributed by atoms with E-state index in [4.69, 9.17) is 0 Å². The second kappa shape index (κ2) is 5.48. The molecule has 0 aliphatic carbocycles. The molecule has 17 heavy (non-hydrogen) atoms. The van der Waals surface area contributed by atoms with Crippen molar-refractivity contribution in [2.45, 2.75) is 13.8 Å². The van der Waals surface area contributed by atoms with Gasteiger partial charge in [-0.2, -0.15) is 13.1 Å². The molecule has 0 amide bonds. The normalized spacial score (nSPS) is 11.2. The monoisotopic (exact) mass is 278 g/mol. The molecular weight excluding hydrogens is 264 g/mol. The van der Waals surface area contributed by atoms with Crippen LogP contribution in [0.25, 0.3) is 0 Å². The molecule has 2 N–H and O–H groups in total. The van der Waals surface area contributed by atoms with E-state index in [1.807, 2.05) is 0 Å². The largest absolute Gasteiger partial charge is 0.465 e. The van der Waals surface area contributed by atoms with Crippen molar-refractivity contribution in [3.05, 3.63) is 15.8 Å². The predicted molar refractivity (Wildman–Crippen MR) is 66.6 cm³/mol. The molecule has 0 spiro atoms. The first-order valence-electron chi connectivity index (χ1n) is 4.85. The Labute approximate surface area is 104 Å². The highest BCUT2D eigenvalue weighted by Gasteiger charge is 2.20. The number of hydrogen-bond donors (Lipinski definition) is 2. The van der Waals surface area contributed by atoms with Gasteiger partial charge in [-0.05, 0) is 17.9 Å². The SMILES string of the molecule is CCNS(=O)(=O)Nc1c(C)csc1C(=O)OC. The lowest BCUT2D eigenvalue weighted by Gasteiger charge is -2.09. The van der Waals surface area contributed by atoms with Crippen molar-refractivity contribution in [1.29, 1.82) is 0 Å². The van der Waals surface area contributed by atoms with Gasteiger partial charge >= 0.3 is 5.97 Å². The van der Waals surface area contributed by atoms with Gasteiger partial charge in [0.2, 0.25) is 0 Å². The number of thiophene rings is 1. The number of aryl methyl sites for hydroxylation is 1. The van der Waals surface area contributed by atoms with Gasteiger partial charge < -0.3 is 4.74 Å². The molecule has 6 nitrogen and oxygen atoms in total. The van der Waals surface area contributed by atoms with Gasteiger partial charge in [-0.1, -0.05) is 6.92 Å². The van der Waals surface area contributed by atoms with Crippen LogP contribution in [0, 0.1) is 6.92 Å². The van der Waals surface area contributed by atoms with E-state index in [2.05, 4.69) is 14.2 Å². The summed E-state index contributed by atoms with van der Waals surface area (Å²) in [6.45, 7) is 3.65. The molecule has 0 radical (unpaired) electrons. The number of esters is 1. The zero-order valence-corrected chi connectivity index (χ0v) is 11.4. The topological polar surface area (TPSA) is 84.5 Å². The van der Waals surface area contributed by atoms with Crippen LogP contribution in [-0.2, 0) is 14.9 Å². The van der Waals surface area contributed by atoms with E-state index in [1.165, 1.54) is 7.11 Å². The van der Waals surface area contributed by atoms with Crippen molar-refractivity contribution in [1.82, 2.24) is 4.72 Å². The molecule has 0 aliphatic rings. The van der Waals surface area contributed by atoms with Gasteiger partial charge in [0.1, 0.15) is 4.88 Å². The van der Waals surface area contributed by atoms with E-state index in [9.17, 15) is 13.2 Å². The highest BCUT2D eigenvalue weighted by atomic mass is 32.2. The fourth-order valence-electron chi connectivity index (χ4n) is 1.17. The summed E-state index contributed by atoms with van der Waals surface area (Å²) in [5, 5.41) is 1.69. The number of rotatable bonds is 5. The van der Waals surface area contributed by atoms with E-state index in [1.54, 1.807) is 19.2 Å². The van der Waals surface area contributed by atoms with Crippen molar-refractivity contribution in [3.63, 3.8) is 0 Å². The Hall–Kier alpha value is -1.12. The number of nitrogens with one attached hydrogen (secondary N) is 2. The number of carbonyl (C=O) groups is 1. The molecule has 1 rings (SSSR count). The summed E-state index contributed by atoms with van der Waals surface area (Å²) < 4.78 is 32.3. The Morgan fingerprint density at radius 2 is 2.18 bits per heavy atom. The van der Waals surface area contributed by atoms with Crippen LogP contribution in [-0.4, -0.2) is 28.0 Å². The first-order chi connectivity index (χ1) is 7.91. The molecule has 8 heteroatoms. The lowest BCUT2D eigenvalue weighted by atomic mass is 10.3. The average molecular weight is 278 g/mol. The summed E-state index contributed by atoms with van der Waals surface area (Å²) in [5.41, 5.74) is 0.944. The van der Waals surface area contributed by atoms with Gasteiger partial charge in [-0.25, -0.2) is 4.79 Å². The van der Waals surface area contributed by atoms with Gasteiger partial charge in [0, 0.05) is 6.54 Å². The fraction of sp³-hybridized carbons (Fsp3) is 0.444. The summed E-state index contributed by atoms with van der Waals surface area (Å²) in [7, 11) is -2.39. The van der Waals surface area contributed by atoms with Crippen molar-refractivity contribution >= 4 is 33.2 Å². The van der Waals surface area contributed by atoms with Crippen molar-refractivity contribution in [2.75, 3.05) is 18.4 Å². The first-order valence-corrected chi connectivity index (χ1v) is 7.21. The molecule has 0 fully saturated rings. The summed E-state index contributed by atoms with van der Waals surface area (Å²) in [6.07, 6.45) is 0. The fourth-order valence-corrected chi connectivity index (χ4v) is 3.14. The molecule has 0 unspecified atom stereocenters. The maximum atomic E-state index is 11.5. The molecule has 1 heterocycles. The Kier molecular flexibility index (Phi) is 4.49. The van der Waals surface area contributed by atoms with Gasteiger partial charge in [0.15, 0.2) is 0 Å². The third-order valence-corrected chi connectivity index (χ3v) is 4.14. The van der Waals surface area contributed by atoms with E-state index in [0.717, 1.165) is 11.3 Å². The van der Waals surface area contributed by atoms with E-state index >= 15 is 0 Å². The van der Waals surface area contributed by atoms with Crippen molar-refractivity contribution < 1.29 is 17.9 Å². The molecule has 1 aromatic rings. The summed E-state index contributed by atoms with van der Waals surface area (Å²) in [6, 6.07) is 0. The second-order valence-electron chi connectivity index (χ2n) is 3.22. The van der Waals surface area contributed by atoms with Crippen LogP contribution in [0.2, 0.25) is 0 Å². The summed E-state index contributed by atoms with van der Waals surface area (Å²) >= 11 is 1.14. The molecule has 0 aliphatic heterocycles. The smallest absolute Gasteiger partial charge is 0.350 e. The molecule has 0 aromatic carbocycles. The minimum Gasteiger partial charge on any atom is -0.465 e. The Morgan fingerprint density at radius 1 is 1.53 bits per heavy atom. The highest BCUT2D eigenvalue weighted by Crippen LogP contribution is 2.28. The van der Waals surface area contributed by atoms with Gasteiger partial charge in [-0.15, -0.1) is 11.3 Å². The minimum atomic E-state index is -3.64. The third kappa shape index (κ3) is 3.42. The van der Waals surface area contributed by atoms with Crippen molar-refractivity contribution in [3.8, 4) is 0 Å². The van der Waals surface area contributed by atoms with Crippen LogP contribution in [0.3, 0.4) is 0 Å². The number of anilines is 1. The maximum absolute atomic E-state index is 11.5. The molecule has 0 atom stereocenters. The molecule has 96 valence electrons. The van der Waals surface area contributed by atoms with E-state index < -0.39 is 16.2 Å². The van der Waals surface area contributed by atoms with Crippen LogP contribution in [0.1, 0.15) is 22.2 Å². The lowest BCUT2D eigenvalue weighted by molar-refractivity contribution is 0.0607. The van der Waals surface area contributed by atoms with Crippen LogP contribution in [0.4, 0.5) is 5.69 Å². The number of ether oxygens (including phenoxy) is 1. The predicted octanol–water partition coefficient (Wildman–Crippen LogP) is 1.11. The first kappa shape index (κ1) is 13.9. The van der Waals surface area contributed by atoms with Crippen LogP contribution in [0.5, 0.6) is 0 Å². The number of hydrogen-bond acceptors (Lipinski definition) is 5. The molecule has 0 saturated carbocycles. The second-order valence-corrected chi connectivity index (χ2v) is 5.60. The van der Waals surface area contributed by atoms with Gasteiger partial charge in [-0.3, -0.25) is 4.72 Å². The zero-order chi connectivity index (χ0) is 13.1. The highest BCUT2D eigenvalue weighted by molar-refractivity contribution is 7.90. The van der Waals surface area contributed by atoms with Crippen LogP contribution in [0.15, 0.2) is 5.38 Å². The van der Waals surface area contributed by atoms with Gasteiger partial charge in [0.25, 0.3) is 10.2 Å². The molecule has 0 saturated heterocycles. The van der Waals surface area contributed by atoms with Crippen molar-refractivity contribution in [2.24, 2.45) is 0 Å². The zero-order valence-electron chi connectivity index (χ0n) is 9.73. The number of carbonyl (C=O) groups excluding carboxylic acids is 1. The van der Waals surface area contributed by atoms with E-state index in [-0.39, 0.29) is 17.1 Å². The van der Waals surface area contributed by atoms with Crippen LogP contribution >= 0.6 is 11.3 Å². The minimum absolute atomic E-state index is 0.242. The van der Waals surface area contributed by atoms with Gasteiger partial charge in [0.05, 0.1) is 12.8 Å². The summed E-state index contributed by atoms with van der Waals surface area (Å²) in [5.74, 6) is -0.558.